The van der Waals surface area contributed by atoms with Crippen LogP contribution in [0.25, 0.3) is 0 Å². The zero-order chi connectivity index (χ0) is 11.3. The normalized spacial score (nSPS) is 10.3. The highest BCUT2D eigenvalue weighted by Crippen LogP contribution is 2.13. The van der Waals surface area contributed by atoms with Gasteiger partial charge in [0, 0.05) is 13.8 Å². The summed E-state index contributed by atoms with van der Waals surface area (Å²) in [5.41, 5.74) is 0.0174. The molecule has 0 fully saturated rings. The molecule has 0 saturated carbocycles. The number of ether oxygens (including phenoxy) is 1. The average Bonchev–Trinajstić information content (AvgIpc) is 2.17. The predicted octanol–water partition coefficient (Wildman–Crippen LogP) is 1.76. The van der Waals surface area contributed by atoms with Crippen molar-refractivity contribution < 1.29 is 13.9 Å². The van der Waals surface area contributed by atoms with Crippen molar-refractivity contribution in [1.82, 2.24) is 0 Å². The number of benzene rings is 1. The Balaban J connectivity index is 2.65. The van der Waals surface area contributed by atoms with Crippen molar-refractivity contribution in [2.75, 3.05) is 6.61 Å². The number of carbonyl (C=O) groups is 1. The third kappa shape index (κ3) is 3.90. The Bertz CT molecular complexity index is 357. The number of esters is 1. The fourth-order valence-corrected chi connectivity index (χ4v) is 1.78. The minimum absolute atomic E-state index is 0.0174. The van der Waals surface area contributed by atoms with Gasteiger partial charge in [-0.2, -0.15) is 0 Å². The van der Waals surface area contributed by atoms with E-state index in [0.29, 0.717) is 6.61 Å². The van der Waals surface area contributed by atoms with E-state index >= 15 is 0 Å². The summed E-state index contributed by atoms with van der Waals surface area (Å²) < 4.78 is 19.0. The van der Waals surface area contributed by atoms with Gasteiger partial charge in [0.2, 0.25) is 0 Å². The molecule has 1 aromatic carbocycles. The largest absolute Gasteiger partial charge is 0.462 e. The van der Waals surface area contributed by atoms with Crippen molar-refractivity contribution in [2.24, 2.45) is 0 Å². The topological polar surface area (TPSA) is 26.3 Å². The lowest BCUT2D eigenvalue weighted by atomic mass is 10.2. The number of carbonyl (C=O) groups excluding carboxylic acids is 1. The maximum atomic E-state index is 13.3. The van der Waals surface area contributed by atoms with E-state index in [4.69, 9.17) is 4.74 Å². The van der Waals surface area contributed by atoms with Crippen LogP contribution in [0.2, 0.25) is 6.04 Å². The molecular weight excluding hydrogens is 326 g/mol. The Hall–Kier alpha value is -0.433. The van der Waals surface area contributed by atoms with Crippen molar-refractivity contribution in [1.29, 1.82) is 0 Å². The highest BCUT2D eigenvalue weighted by atomic mass is 127. The van der Waals surface area contributed by atoms with E-state index in [1.807, 2.05) is 22.6 Å². The second kappa shape index (κ2) is 6.22. The van der Waals surface area contributed by atoms with E-state index < -0.39 is 11.8 Å². The average molecular weight is 338 g/mol. The van der Waals surface area contributed by atoms with Crippen LogP contribution in [0.1, 0.15) is 16.8 Å². The first-order valence-electron chi connectivity index (χ1n) is 4.77. The van der Waals surface area contributed by atoms with Crippen molar-refractivity contribution >= 4 is 38.8 Å². The van der Waals surface area contributed by atoms with Gasteiger partial charge < -0.3 is 4.74 Å². The molecule has 0 heterocycles. The summed E-state index contributed by atoms with van der Waals surface area (Å²) in [4.78, 5) is 11.4. The highest BCUT2D eigenvalue weighted by molar-refractivity contribution is 14.1. The Labute approximate surface area is 105 Å². The fourth-order valence-electron chi connectivity index (χ4n) is 1.04. The quantitative estimate of drug-likeness (QED) is 0.362. The predicted molar refractivity (Wildman–Crippen MR) is 68.8 cm³/mol. The van der Waals surface area contributed by atoms with E-state index in [1.54, 1.807) is 6.07 Å². The third-order valence-corrected chi connectivity index (χ3v) is 3.26. The Morgan fingerprint density at radius 3 is 2.87 bits per heavy atom. The summed E-state index contributed by atoms with van der Waals surface area (Å²) in [6.07, 6.45) is 0.865. The summed E-state index contributed by atoms with van der Waals surface area (Å²) in [5.74, 6) is -1.09. The van der Waals surface area contributed by atoms with Gasteiger partial charge >= 0.3 is 5.97 Å². The summed E-state index contributed by atoms with van der Waals surface area (Å²) in [5, 5.41) is 0. The molecule has 15 heavy (non-hydrogen) atoms. The number of hydrogen-bond donors (Lipinski definition) is 0. The highest BCUT2D eigenvalue weighted by Gasteiger charge is 2.12. The summed E-state index contributed by atoms with van der Waals surface area (Å²) >= 11 is 1.99. The molecule has 0 bridgehead atoms. The number of halogens is 2. The van der Waals surface area contributed by atoms with Gasteiger partial charge in [-0.05, 0) is 47.2 Å². The van der Waals surface area contributed by atoms with Crippen molar-refractivity contribution in [3.63, 3.8) is 0 Å². The molecule has 82 valence electrons. The smallest absolute Gasteiger partial charge is 0.341 e. The van der Waals surface area contributed by atoms with E-state index in [0.717, 1.165) is 26.3 Å². The SMILES string of the molecule is O=C(OCCC[SiH3])c1ccc(I)cc1F. The van der Waals surface area contributed by atoms with Crippen molar-refractivity contribution in [2.45, 2.75) is 12.5 Å². The molecule has 1 aromatic rings. The van der Waals surface area contributed by atoms with Crippen LogP contribution in [0, 0.1) is 9.39 Å². The second-order valence-corrected chi connectivity index (χ2v) is 5.36. The van der Waals surface area contributed by atoms with Gasteiger partial charge in [-0.3, -0.25) is 0 Å². The van der Waals surface area contributed by atoms with Crippen molar-refractivity contribution in [3.8, 4) is 0 Å². The Morgan fingerprint density at radius 2 is 2.27 bits per heavy atom. The molecule has 0 aliphatic heterocycles. The van der Waals surface area contributed by atoms with E-state index in [1.165, 1.54) is 12.1 Å². The molecule has 0 aromatic heterocycles. The van der Waals surface area contributed by atoms with Gasteiger partial charge in [-0.15, -0.1) is 0 Å². The van der Waals surface area contributed by atoms with Crippen LogP contribution in [0.5, 0.6) is 0 Å². The molecule has 5 heteroatoms. The lowest BCUT2D eigenvalue weighted by Crippen LogP contribution is -2.08. The van der Waals surface area contributed by atoms with Crippen LogP contribution >= 0.6 is 22.6 Å². The van der Waals surface area contributed by atoms with Crippen LogP contribution in [0.4, 0.5) is 4.39 Å². The fraction of sp³-hybridized carbons (Fsp3) is 0.300. The maximum Gasteiger partial charge on any atom is 0.341 e. The summed E-state index contributed by atoms with van der Waals surface area (Å²) in [6, 6.07) is 5.56. The molecule has 0 atom stereocenters. The first-order chi connectivity index (χ1) is 7.15. The zero-order valence-electron chi connectivity index (χ0n) is 8.43. The van der Waals surface area contributed by atoms with Crippen LogP contribution in [-0.4, -0.2) is 22.8 Å². The van der Waals surface area contributed by atoms with Crippen LogP contribution in [0.3, 0.4) is 0 Å². The summed E-state index contributed by atoms with van der Waals surface area (Å²) in [7, 11) is 1.10. The van der Waals surface area contributed by atoms with E-state index in [9.17, 15) is 9.18 Å². The monoisotopic (exact) mass is 338 g/mol. The van der Waals surface area contributed by atoms with Crippen molar-refractivity contribution in [3.05, 3.63) is 33.1 Å². The molecular formula is C10H12FIO2Si. The lowest BCUT2D eigenvalue weighted by molar-refractivity contribution is 0.0500. The maximum absolute atomic E-state index is 13.3. The van der Waals surface area contributed by atoms with E-state index in [-0.39, 0.29) is 5.56 Å². The van der Waals surface area contributed by atoms with Crippen LogP contribution in [0.15, 0.2) is 18.2 Å². The van der Waals surface area contributed by atoms with E-state index in [2.05, 4.69) is 0 Å². The first kappa shape index (κ1) is 12.6. The molecule has 2 nitrogen and oxygen atoms in total. The van der Waals surface area contributed by atoms with Gasteiger partial charge in [0.25, 0.3) is 0 Å². The van der Waals surface area contributed by atoms with Gasteiger partial charge in [-0.25, -0.2) is 9.18 Å². The molecule has 1 rings (SSSR count). The molecule has 0 saturated heterocycles. The molecule has 0 spiro atoms. The second-order valence-electron chi connectivity index (χ2n) is 3.11. The molecule has 0 radical (unpaired) electrons. The van der Waals surface area contributed by atoms with Crippen LogP contribution < -0.4 is 0 Å². The molecule has 0 amide bonds. The minimum atomic E-state index is -0.570. The Morgan fingerprint density at radius 1 is 1.53 bits per heavy atom. The van der Waals surface area contributed by atoms with Gasteiger partial charge in [0.15, 0.2) is 0 Å². The Kier molecular flexibility index (Phi) is 5.24. The van der Waals surface area contributed by atoms with Gasteiger partial charge in [0.05, 0.1) is 12.2 Å². The molecule has 0 aliphatic carbocycles. The standard InChI is InChI=1S/C10H12FIO2Si/c11-9-6-7(12)2-3-8(9)10(13)14-4-1-5-15/h2-3,6H,1,4-5H2,15H3. The third-order valence-electron chi connectivity index (χ3n) is 1.88. The number of hydrogen-bond acceptors (Lipinski definition) is 2. The first-order valence-corrected chi connectivity index (χ1v) is 7.26. The molecule has 0 aliphatic rings. The molecule has 0 unspecified atom stereocenters. The zero-order valence-corrected chi connectivity index (χ0v) is 12.6. The van der Waals surface area contributed by atoms with Gasteiger partial charge in [-0.1, -0.05) is 6.04 Å². The lowest BCUT2D eigenvalue weighted by Gasteiger charge is -2.04. The molecule has 0 N–H and O–H groups in total. The number of rotatable bonds is 4. The van der Waals surface area contributed by atoms with Crippen LogP contribution in [-0.2, 0) is 4.74 Å². The van der Waals surface area contributed by atoms with Gasteiger partial charge in [0.1, 0.15) is 5.82 Å². The minimum Gasteiger partial charge on any atom is -0.462 e. The summed E-state index contributed by atoms with van der Waals surface area (Å²) in [6.45, 7) is 0.383.